The molecule has 0 fully saturated rings. The number of ether oxygens (including phenoxy) is 1. The van der Waals surface area contributed by atoms with Crippen LogP contribution in [-0.2, 0) is 16.1 Å². The van der Waals surface area contributed by atoms with Crippen molar-refractivity contribution in [3.05, 3.63) is 83.9 Å². The fourth-order valence-corrected chi connectivity index (χ4v) is 3.07. The van der Waals surface area contributed by atoms with Gasteiger partial charge in [0.05, 0.1) is 13.0 Å². The van der Waals surface area contributed by atoms with Crippen LogP contribution in [0.1, 0.15) is 30.5 Å². The van der Waals surface area contributed by atoms with Gasteiger partial charge in [0.1, 0.15) is 0 Å². The highest BCUT2D eigenvalue weighted by molar-refractivity contribution is 5.86. The lowest BCUT2D eigenvalue weighted by Crippen LogP contribution is -2.24. The molecule has 0 saturated carbocycles. The van der Waals surface area contributed by atoms with Gasteiger partial charge in [0.25, 0.3) is 0 Å². The van der Waals surface area contributed by atoms with E-state index in [2.05, 4.69) is 41.7 Å². The Balaban J connectivity index is 1.88. The molecule has 3 aromatic rings. The quantitative estimate of drug-likeness (QED) is 0.641. The molecule has 0 bridgehead atoms. The molecular weight excluding hydrogens is 310 g/mol. The minimum absolute atomic E-state index is 0.0923. The van der Waals surface area contributed by atoms with E-state index in [4.69, 9.17) is 4.74 Å². The molecule has 25 heavy (non-hydrogen) atoms. The normalized spacial score (nSPS) is 12.0. The number of hydrogen-bond acceptors (Lipinski definition) is 3. The molecule has 0 spiro atoms. The predicted molar refractivity (Wildman–Crippen MR) is 101 cm³/mol. The molecular formula is C22H23NO2. The molecule has 1 unspecified atom stereocenters. The molecule has 128 valence electrons. The van der Waals surface area contributed by atoms with Crippen molar-refractivity contribution in [3.63, 3.8) is 0 Å². The maximum Gasteiger partial charge on any atom is 0.307 e. The molecule has 0 amide bonds. The fraction of sp³-hybridized carbons (Fsp3) is 0.227. The van der Waals surface area contributed by atoms with E-state index in [1.165, 1.54) is 16.3 Å². The van der Waals surface area contributed by atoms with Crippen molar-refractivity contribution in [1.29, 1.82) is 0 Å². The van der Waals surface area contributed by atoms with Crippen LogP contribution in [0.15, 0.2) is 72.8 Å². The average Bonchev–Trinajstić information content (AvgIpc) is 2.66. The van der Waals surface area contributed by atoms with Gasteiger partial charge in [-0.1, -0.05) is 72.8 Å². The minimum atomic E-state index is -0.180. The SMILES string of the molecule is CCOC(=O)CC(NCc1ccccc1)c1cccc2ccccc12. The van der Waals surface area contributed by atoms with Gasteiger partial charge in [-0.2, -0.15) is 0 Å². The smallest absolute Gasteiger partial charge is 0.307 e. The first-order valence-corrected chi connectivity index (χ1v) is 8.68. The van der Waals surface area contributed by atoms with E-state index in [0.29, 0.717) is 19.6 Å². The molecule has 3 nitrogen and oxygen atoms in total. The number of benzene rings is 3. The predicted octanol–water partition coefficient (Wildman–Crippen LogP) is 4.62. The van der Waals surface area contributed by atoms with Gasteiger partial charge in [0.15, 0.2) is 0 Å². The van der Waals surface area contributed by atoms with E-state index in [1.807, 2.05) is 43.3 Å². The van der Waals surface area contributed by atoms with Crippen LogP contribution in [0.3, 0.4) is 0 Å². The van der Waals surface area contributed by atoms with Gasteiger partial charge in [0, 0.05) is 12.6 Å². The summed E-state index contributed by atoms with van der Waals surface area (Å²) >= 11 is 0. The summed E-state index contributed by atoms with van der Waals surface area (Å²) in [6.07, 6.45) is 0.314. The number of hydrogen-bond donors (Lipinski definition) is 1. The number of carbonyl (C=O) groups is 1. The van der Waals surface area contributed by atoms with Gasteiger partial charge in [-0.3, -0.25) is 4.79 Å². The van der Waals surface area contributed by atoms with E-state index in [-0.39, 0.29) is 12.0 Å². The summed E-state index contributed by atoms with van der Waals surface area (Å²) in [6.45, 7) is 2.94. The molecule has 0 aromatic heterocycles. The largest absolute Gasteiger partial charge is 0.466 e. The monoisotopic (exact) mass is 333 g/mol. The summed E-state index contributed by atoms with van der Waals surface area (Å²) in [5.41, 5.74) is 2.32. The van der Waals surface area contributed by atoms with Crippen LogP contribution < -0.4 is 5.32 Å². The second-order valence-electron chi connectivity index (χ2n) is 6.00. The van der Waals surface area contributed by atoms with E-state index >= 15 is 0 Å². The van der Waals surface area contributed by atoms with Crippen molar-refractivity contribution in [1.82, 2.24) is 5.32 Å². The zero-order chi connectivity index (χ0) is 17.5. The van der Waals surface area contributed by atoms with Gasteiger partial charge in [-0.25, -0.2) is 0 Å². The summed E-state index contributed by atoms with van der Waals surface area (Å²) in [5.74, 6) is -0.180. The van der Waals surface area contributed by atoms with E-state index in [1.54, 1.807) is 0 Å². The van der Waals surface area contributed by atoms with E-state index in [0.717, 1.165) is 5.56 Å². The van der Waals surface area contributed by atoms with E-state index in [9.17, 15) is 4.79 Å². The van der Waals surface area contributed by atoms with Crippen LogP contribution in [0.4, 0.5) is 0 Å². The van der Waals surface area contributed by atoms with E-state index < -0.39 is 0 Å². The fourth-order valence-electron chi connectivity index (χ4n) is 3.07. The number of nitrogens with one attached hydrogen (secondary N) is 1. The summed E-state index contributed by atoms with van der Waals surface area (Å²) < 4.78 is 5.18. The first-order chi connectivity index (χ1) is 12.3. The Bertz CT molecular complexity index is 824. The molecule has 0 aliphatic heterocycles. The Hall–Kier alpha value is -2.65. The summed E-state index contributed by atoms with van der Waals surface area (Å²) in [6, 6.07) is 24.6. The van der Waals surface area contributed by atoms with Crippen molar-refractivity contribution < 1.29 is 9.53 Å². The van der Waals surface area contributed by atoms with Crippen molar-refractivity contribution in [2.75, 3.05) is 6.61 Å². The Morgan fingerprint density at radius 2 is 1.68 bits per heavy atom. The number of carbonyl (C=O) groups excluding carboxylic acids is 1. The molecule has 3 aromatic carbocycles. The molecule has 1 atom stereocenters. The number of esters is 1. The van der Waals surface area contributed by atoms with Crippen LogP contribution in [-0.4, -0.2) is 12.6 Å². The van der Waals surface area contributed by atoms with Crippen LogP contribution in [0.5, 0.6) is 0 Å². The molecule has 0 saturated heterocycles. The maximum absolute atomic E-state index is 12.1. The molecule has 0 aliphatic rings. The standard InChI is InChI=1S/C22H23NO2/c1-2-25-22(24)15-21(23-16-17-9-4-3-5-10-17)20-14-8-12-18-11-6-7-13-19(18)20/h3-14,21,23H,2,15-16H2,1H3. The lowest BCUT2D eigenvalue weighted by atomic mass is 9.96. The number of rotatable bonds is 7. The van der Waals surface area contributed by atoms with Gasteiger partial charge >= 0.3 is 5.97 Å². The van der Waals surface area contributed by atoms with Crippen LogP contribution >= 0.6 is 0 Å². The van der Waals surface area contributed by atoms with Gasteiger partial charge in [0.2, 0.25) is 0 Å². The third-order valence-corrected chi connectivity index (χ3v) is 4.27. The zero-order valence-corrected chi connectivity index (χ0v) is 14.4. The van der Waals surface area contributed by atoms with Crippen molar-refractivity contribution in [3.8, 4) is 0 Å². The summed E-state index contributed by atoms with van der Waals surface area (Å²) in [7, 11) is 0. The first-order valence-electron chi connectivity index (χ1n) is 8.68. The summed E-state index contributed by atoms with van der Waals surface area (Å²) in [5, 5.41) is 5.88. The Kier molecular flexibility index (Phi) is 5.81. The van der Waals surface area contributed by atoms with Gasteiger partial charge in [-0.15, -0.1) is 0 Å². The molecule has 1 N–H and O–H groups in total. The lowest BCUT2D eigenvalue weighted by molar-refractivity contribution is -0.143. The topological polar surface area (TPSA) is 38.3 Å². The maximum atomic E-state index is 12.1. The minimum Gasteiger partial charge on any atom is -0.466 e. The summed E-state index contributed by atoms with van der Waals surface area (Å²) in [4.78, 5) is 12.1. The zero-order valence-electron chi connectivity index (χ0n) is 14.4. The Morgan fingerprint density at radius 1 is 0.960 bits per heavy atom. The highest BCUT2D eigenvalue weighted by Crippen LogP contribution is 2.27. The van der Waals surface area contributed by atoms with Crippen LogP contribution in [0, 0.1) is 0 Å². The van der Waals surface area contributed by atoms with Gasteiger partial charge < -0.3 is 10.1 Å². The molecule has 3 heteroatoms. The molecule has 0 aliphatic carbocycles. The second kappa shape index (κ2) is 8.45. The third kappa shape index (κ3) is 4.46. The highest BCUT2D eigenvalue weighted by atomic mass is 16.5. The Morgan fingerprint density at radius 3 is 2.48 bits per heavy atom. The molecule has 3 rings (SSSR count). The third-order valence-electron chi connectivity index (χ3n) is 4.27. The lowest BCUT2D eigenvalue weighted by Gasteiger charge is -2.20. The van der Waals surface area contributed by atoms with Gasteiger partial charge in [-0.05, 0) is 28.8 Å². The van der Waals surface area contributed by atoms with Crippen LogP contribution in [0.25, 0.3) is 10.8 Å². The highest BCUT2D eigenvalue weighted by Gasteiger charge is 2.18. The van der Waals surface area contributed by atoms with Crippen LogP contribution in [0.2, 0.25) is 0 Å². The number of fused-ring (bicyclic) bond motifs is 1. The average molecular weight is 333 g/mol. The van der Waals surface area contributed by atoms with Crippen molar-refractivity contribution >= 4 is 16.7 Å². The first kappa shape index (κ1) is 17.2. The van der Waals surface area contributed by atoms with Crippen molar-refractivity contribution in [2.45, 2.75) is 25.9 Å². The Labute approximate surface area is 148 Å². The second-order valence-corrected chi connectivity index (χ2v) is 6.00. The molecule has 0 heterocycles. The van der Waals surface area contributed by atoms with Crippen molar-refractivity contribution in [2.24, 2.45) is 0 Å². The molecule has 0 radical (unpaired) electrons.